The zero-order valence-electron chi connectivity index (χ0n) is 10.6. The summed E-state index contributed by atoms with van der Waals surface area (Å²) in [4.78, 5) is 17.2. The maximum Gasteiger partial charge on any atom is 0.253 e. The Hall–Kier alpha value is -0.720. The van der Waals surface area contributed by atoms with Crippen LogP contribution in [0.4, 0.5) is 0 Å². The Morgan fingerprint density at radius 2 is 2.11 bits per heavy atom. The molecule has 0 aliphatic heterocycles. The van der Waals surface area contributed by atoms with E-state index in [4.69, 9.17) is 0 Å². The molecule has 2 rings (SSSR count). The fourth-order valence-corrected chi connectivity index (χ4v) is 3.24. The molecule has 3 nitrogen and oxygen atoms in total. The smallest absolute Gasteiger partial charge is 0.253 e. The number of hydrogen-bond donors (Lipinski definition) is 0. The summed E-state index contributed by atoms with van der Waals surface area (Å²) < 4.78 is 1.90. The number of aryl methyl sites for hydroxylation is 2. The zero-order chi connectivity index (χ0) is 12.8. The molecule has 0 aliphatic carbocycles. The van der Waals surface area contributed by atoms with Crippen LogP contribution in [0.25, 0.3) is 0 Å². The number of carbonyl (C=O) groups excluding carboxylic acids is 1. The highest BCUT2D eigenvalue weighted by Crippen LogP contribution is 2.15. The highest BCUT2D eigenvalue weighted by atomic mass is 79.9. The van der Waals surface area contributed by atoms with Gasteiger partial charge in [0.2, 0.25) is 6.54 Å². The summed E-state index contributed by atoms with van der Waals surface area (Å²) in [6, 6.07) is 5.80. The summed E-state index contributed by atoms with van der Waals surface area (Å²) in [5, 5.41) is 0.202. The molecule has 0 aromatic carbocycles. The third-order valence-electron chi connectivity index (χ3n) is 2.53. The van der Waals surface area contributed by atoms with Crippen molar-refractivity contribution in [3.63, 3.8) is 0 Å². The van der Waals surface area contributed by atoms with Crippen molar-refractivity contribution >= 4 is 28.2 Å². The second-order valence-electron chi connectivity index (χ2n) is 3.88. The van der Waals surface area contributed by atoms with Gasteiger partial charge in [0.1, 0.15) is 0 Å². The molecule has 6 heteroatoms. The molecule has 0 aliphatic rings. The fraction of sp³-hybridized carbons (Fsp3) is 0.308. The van der Waals surface area contributed by atoms with Gasteiger partial charge in [-0.15, -0.1) is 11.3 Å². The fourth-order valence-electron chi connectivity index (χ4n) is 1.56. The number of halogens is 1. The first kappa shape index (κ1) is 16.3. The van der Waals surface area contributed by atoms with E-state index >= 15 is 0 Å². The molecular formula is C13H15BrN2OS2. The molecule has 2 aromatic rings. The topological polar surface area (TPSA) is 33.8 Å². The van der Waals surface area contributed by atoms with Crippen LogP contribution in [0.1, 0.15) is 10.6 Å². The first-order chi connectivity index (χ1) is 8.75. The third kappa shape index (κ3) is 5.42. The Labute approximate surface area is 131 Å². The molecule has 0 radical (unpaired) electrons. The lowest BCUT2D eigenvalue weighted by molar-refractivity contribution is -0.683. The van der Waals surface area contributed by atoms with E-state index in [9.17, 15) is 4.79 Å². The molecule has 0 fully saturated rings. The van der Waals surface area contributed by atoms with Crippen molar-refractivity contribution in [1.82, 2.24) is 4.98 Å². The summed E-state index contributed by atoms with van der Waals surface area (Å²) in [7, 11) is 0. The van der Waals surface area contributed by atoms with Gasteiger partial charge in [-0.2, -0.15) is 4.57 Å². The molecule has 0 amide bonds. The molecule has 2 heterocycles. The standard InChI is InChI=1S/C13H15N2OS2.BrH/c1-11-12(18-10-14-11)5-8-17-13(16)9-15-6-3-2-4-7-15;/h2-4,6-7,10H,5,8-9H2,1H3;1H/q+1;/p-1. The van der Waals surface area contributed by atoms with Crippen molar-refractivity contribution < 1.29 is 26.3 Å². The Kier molecular flexibility index (Phi) is 7.27. The van der Waals surface area contributed by atoms with Crippen molar-refractivity contribution in [1.29, 1.82) is 0 Å². The first-order valence-electron chi connectivity index (χ1n) is 5.74. The summed E-state index contributed by atoms with van der Waals surface area (Å²) in [6.45, 7) is 2.45. The molecule has 19 heavy (non-hydrogen) atoms. The molecular weight excluding hydrogens is 344 g/mol. The largest absolute Gasteiger partial charge is 1.00 e. The van der Waals surface area contributed by atoms with Gasteiger partial charge in [0, 0.05) is 22.8 Å². The molecule has 0 atom stereocenters. The SMILES string of the molecule is Cc1ncsc1CCSC(=O)C[n+]1ccccc1.[Br-]. The number of carbonyl (C=O) groups is 1. The van der Waals surface area contributed by atoms with E-state index in [-0.39, 0.29) is 22.1 Å². The summed E-state index contributed by atoms with van der Waals surface area (Å²) in [5.41, 5.74) is 2.95. The highest BCUT2D eigenvalue weighted by molar-refractivity contribution is 8.13. The second kappa shape index (κ2) is 8.45. The Morgan fingerprint density at radius 1 is 1.37 bits per heavy atom. The lowest BCUT2D eigenvalue weighted by atomic mass is 10.3. The minimum Gasteiger partial charge on any atom is -1.00 e. The molecule has 0 bridgehead atoms. The van der Waals surface area contributed by atoms with Crippen LogP contribution in [0.2, 0.25) is 0 Å². The van der Waals surface area contributed by atoms with Crippen LogP contribution >= 0.6 is 23.1 Å². The number of nitrogens with zero attached hydrogens (tertiary/aromatic N) is 2. The monoisotopic (exact) mass is 358 g/mol. The highest BCUT2D eigenvalue weighted by Gasteiger charge is 2.10. The minimum absolute atomic E-state index is 0. The molecule has 0 unspecified atom stereocenters. The zero-order valence-corrected chi connectivity index (χ0v) is 13.8. The predicted octanol–water partition coefficient (Wildman–Crippen LogP) is -0.754. The van der Waals surface area contributed by atoms with Crippen LogP contribution in [0.3, 0.4) is 0 Å². The van der Waals surface area contributed by atoms with Gasteiger partial charge in [-0.3, -0.25) is 4.79 Å². The summed E-state index contributed by atoms with van der Waals surface area (Å²) >= 11 is 3.06. The van der Waals surface area contributed by atoms with E-state index in [1.807, 2.05) is 47.6 Å². The van der Waals surface area contributed by atoms with Crippen LogP contribution in [0.5, 0.6) is 0 Å². The number of hydrogen-bond acceptors (Lipinski definition) is 4. The molecule has 0 spiro atoms. The Morgan fingerprint density at radius 3 is 2.74 bits per heavy atom. The number of thiazole rings is 1. The number of pyridine rings is 1. The van der Waals surface area contributed by atoms with Crippen LogP contribution in [-0.4, -0.2) is 15.9 Å². The number of aromatic nitrogens is 2. The predicted molar refractivity (Wildman–Crippen MR) is 74.7 cm³/mol. The second-order valence-corrected chi connectivity index (χ2v) is 5.97. The lowest BCUT2D eigenvalue weighted by Gasteiger charge is -1.98. The van der Waals surface area contributed by atoms with Gasteiger partial charge in [-0.1, -0.05) is 17.8 Å². The van der Waals surface area contributed by atoms with Gasteiger partial charge in [0.15, 0.2) is 12.4 Å². The molecule has 0 N–H and O–H groups in total. The maximum absolute atomic E-state index is 11.8. The summed E-state index contributed by atoms with van der Waals surface area (Å²) in [5.74, 6) is 0.829. The van der Waals surface area contributed by atoms with Gasteiger partial charge in [-0.25, -0.2) is 4.98 Å². The molecule has 102 valence electrons. The van der Waals surface area contributed by atoms with Crippen molar-refractivity contribution in [2.24, 2.45) is 0 Å². The van der Waals surface area contributed by atoms with E-state index in [0.29, 0.717) is 6.54 Å². The van der Waals surface area contributed by atoms with E-state index in [2.05, 4.69) is 4.98 Å². The van der Waals surface area contributed by atoms with Crippen LogP contribution in [0.15, 0.2) is 36.1 Å². The number of rotatable bonds is 5. The average Bonchev–Trinajstić information content (AvgIpc) is 2.76. The van der Waals surface area contributed by atoms with Gasteiger partial charge in [0.25, 0.3) is 5.12 Å². The van der Waals surface area contributed by atoms with Gasteiger partial charge < -0.3 is 17.0 Å². The van der Waals surface area contributed by atoms with Crippen LogP contribution in [0, 0.1) is 6.92 Å². The van der Waals surface area contributed by atoms with Gasteiger partial charge in [0.05, 0.1) is 11.2 Å². The van der Waals surface area contributed by atoms with E-state index in [1.54, 1.807) is 11.3 Å². The quantitative estimate of drug-likeness (QED) is 0.659. The molecule has 0 saturated carbocycles. The molecule has 0 saturated heterocycles. The van der Waals surface area contributed by atoms with Gasteiger partial charge >= 0.3 is 0 Å². The van der Waals surface area contributed by atoms with E-state index in [0.717, 1.165) is 17.9 Å². The van der Waals surface area contributed by atoms with E-state index < -0.39 is 0 Å². The number of thioether (sulfide) groups is 1. The van der Waals surface area contributed by atoms with Gasteiger partial charge in [-0.05, 0) is 13.3 Å². The maximum atomic E-state index is 11.8. The molecule has 2 aromatic heterocycles. The van der Waals surface area contributed by atoms with Crippen molar-refractivity contribution in [2.45, 2.75) is 19.9 Å². The third-order valence-corrected chi connectivity index (χ3v) is 4.38. The van der Waals surface area contributed by atoms with Crippen LogP contribution in [-0.2, 0) is 17.8 Å². The first-order valence-corrected chi connectivity index (χ1v) is 7.61. The lowest BCUT2D eigenvalue weighted by Crippen LogP contribution is -3.00. The van der Waals surface area contributed by atoms with Crippen molar-refractivity contribution in [2.75, 3.05) is 5.75 Å². The van der Waals surface area contributed by atoms with Crippen LogP contribution < -0.4 is 21.5 Å². The normalized spacial score (nSPS) is 9.95. The van der Waals surface area contributed by atoms with E-state index in [1.165, 1.54) is 16.6 Å². The van der Waals surface area contributed by atoms with Crippen molar-refractivity contribution in [3.05, 3.63) is 46.7 Å². The Balaban J connectivity index is 0.00000180. The Bertz CT molecular complexity index is 516. The average molecular weight is 359 g/mol. The van der Waals surface area contributed by atoms with Crippen molar-refractivity contribution in [3.8, 4) is 0 Å². The summed E-state index contributed by atoms with van der Waals surface area (Å²) in [6.07, 6.45) is 4.74. The minimum atomic E-state index is 0.